The molecule has 0 fully saturated rings. The van der Waals surface area contributed by atoms with Crippen molar-refractivity contribution in [1.82, 2.24) is 0 Å². The topological polar surface area (TPSA) is 0 Å². The highest BCUT2D eigenvalue weighted by Crippen LogP contribution is 2.40. The number of hydrogen-bond acceptors (Lipinski definition) is 0. The SMILES string of the molecule is FC(F)(I)c1ccc(C(F)(F)I)cc1.FC(F)(I)c1ccc(C(F)(F)I)cc1.I.I. The fourth-order valence-corrected chi connectivity index (χ4v) is 3.13. The van der Waals surface area contributed by atoms with Gasteiger partial charge in [-0.25, -0.2) is 0 Å². The molecule has 0 saturated heterocycles. The molecule has 0 amide bonds. The zero-order valence-corrected chi connectivity index (χ0v) is 27.3. The Kier molecular flexibility index (Phi) is 15.3. The Morgan fingerprint density at radius 2 is 0.467 bits per heavy atom. The van der Waals surface area contributed by atoms with E-state index >= 15 is 0 Å². The predicted molar refractivity (Wildman–Crippen MR) is 155 cm³/mol. The first kappa shape index (κ1) is 34.4. The van der Waals surface area contributed by atoms with Crippen LogP contribution in [0.2, 0.25) is 0 Å². The molecule has 172 valence electrons. The Morgan fingerprint density at radius 1 is 0.367 bits per heavy atom. The molecule has 0 spiro atoms. The van der Waals surface area contributed by atoms with Crippen LogP contribution in [0.5, 0.6) is 0 Å². The monoisotopic (exact) mass is 1120 g/mol. The van der Waals surface area contributed by atoms with E-state index in [4.69, 9.17) is 0 Å². The van der Waals surface area contributed by atoms with Gasteiger partial charge in [0.15, 0.2) is 0 Å². The van der Waals surface area contributed by atoms with E-state index in [1.807, 2.05) is 0 Å². The summed E-state index contributed by atoms with van der Waals surface area (Å²) in [7, 11) is 0. The van der Waals surface area contributed by atoms with Crippen LogP contribution in [0.25, 0.3) is 0 Å². The Labute approximate surface area is 256 Å². The zero-order chi connectivity index (χ0) is 22.0. The van der Waals surface area contributed by atoms with Crippen LogP contribution in [-0.2, 0) is 15.7 Å². The summed E-state index contributed by atoms with van der Waals surface area (Å²) >= 11 is 3.81. The van der Waals surface area contributed by atoms with E-state index in [9.17, 15) is 35.1 Å². The van der Waals surface area contributed by atoms with Crippen LogP contribution in [0.4, 0.5) is 35.1 Å². The standard InChI is InChI=1S/2C8H4F4I2.2HI/c2*9-7(10,13)5-1-2-6(4-3-5)8(11,12)14;;/h2*1-4H;2*1H. The molecule has 0 aliphatic carbocycles. The molecule has 0 saturated carbocycles. The van der Waals surface area contributed by atoms with E-state index in [0.29, 0.717) is 0 Å². The number of hydrogen-bond donors (Lipinski definition) is 0. The van der Waals surface area contributed by atoms with Gasteiger partial charge < -0.3 is 0 Å². The molecule has 2 aromatic rings. The molecule has 0 heterocycles. The molecule has 0 unspecified atom stereocenters. The minimum atomic E-state index is -3.02. The second kappa shape index (κ2) is 13.4. The summed E-state index contributed by atoms with van der Waals surface area (Å²) in [6.45, 7) is 0. The number of benzene rings is 2. The van der Waals surface area contributed by atoms with Crippen molar-refractivity contribution in [2.45, 2.75) is 15.7 Å². The van der Waals surface area contributed by atoms with Gasteiger partial charge >= 0.3 is 15.7 Å². The fraction of sp³-hybridized carbons (Fsp3) is 0.250. The van der Waals surface area contributed by atoms with Gasteiger partial charge in [0, 0.05) is 113 Å². The number of alkyl halides is 12. The van der Waals surface area contributed by atoms with E-state index in [1.54, 1.807) is 0 Å². The maximum Gasteiger partial charge on any atom is 0.321 e. The lowest BCUT2D eigenvalue weighted by Gasteiger charge is -2.11. The first-order chi connectivity index (χ1) is 12.4. The number of rotatable bonds is 4. The molecular weight excluding hydrogens is 1110 g/mol. The van der Waals surface area contributed by atoms with Crippen molar-refractivity contribution < 1.29 is 35.1 Å². The molecule has 2 rings (SSSR count). The molecule has 0 atom stereocenters. The summed E-state index contributed by atoms with van der Waals surface area (Å²) in [5.74, 6) is 0. The maximum atomic E-state index is 12.7. The maximum absolute atomic E-state index is 12.7. The van der Waals surface area contributed by atoms with Crippen molar-refractivity contribution in [1.29, 1.82) is 0 Å². The van der Waals surface area contributed by atoms with Gasteiger partial charge in [-0.3, -0.25) is 0 Å². The highest BCUT2D eigenvalue weighted by Gasteiger charge is 2.31. The quantitative estimate of drug-likeness (QED) is 0.163. The van der Waals surface area contributed by atoms with Crippen LogP contribution >= 0.6 is 138 Å². The van der Waals surface area contributed by atoms with Crippen molar-refractivity contribution in [3.63, 3.8) is 0 Å². The van der Waals surface area contributed by atoms with E-state index in [1.165, 1.54) is 0 Å². The Morgan fingerprint density at radius 3 is 0.533 bits per heavy atom. The van der Waals surface area contributed by atoms with Gasteiger partial charge in [0.25, 0.3) is 0 Å². The molecule has 2 aromatic carbocycles. The van der Waals surface area contributed by atoms with Gasteiger partial charge in [0.2, 0.25) is 0 Å². The number of halogens is 14. The third-order valence-electron chi connectivity index (χ3n) is 3.08. The molecule has 30 heavy (non-hydrogen) atoms. The van der Waals surface area contributed by atoms with E-state index in [0.717, 1.165) is 139 Å². The van der Waals surface area contributed by atoms with Crippen LogP contribution in [0.3, 0.4) is 0 Å². The predicted octanol–water partition coefficient (Wildman–Crippen LogP) is 10.5. The summed E-state index contributed by atoms with van der Waals surface area (Å²) in [5.41, 5.74) is -1.10. The summed E-state index contributed by atoms with van der Waals surface area (Å²) in [6.07, 6.45) is 0. The van der Waals surface area contributed by atoms with Crippen LogP contribution in [0, 0.1) is 0 Å². The molecule has 0 aliphatic heterocycles. The molecule has 0 aliphatic rings. The first-order valence-corrected chi connectivity index (χ1v) is 11.2. The van der Waals surface area contributed by atoms with Gasteiger partial charge in [-0.1, -0.05) is 48.5 Å². The van der Waals surface area contributed by atoms with Crippen molar-refractivity contribution in [2.24, 2.45) is 0 Å². The van der Waals surface area contributed by atoms with E-state index in [2.05, 4.69) is 0 Å². The molecule has 0 nitrogen and oxygen atoms in total. The Balaban J connectivity index is 0. The van der Waals surface area contributed by atoms with Crippen molar-refractivity contribution >= 4 is 138 Å². The van der Waals surface area contributed by atoms with Gasteiger partial charge in [-0.05, 0) is 0 Å². The van der Waals surface area contributed by atoms with E-state index < -0.39 is 15.7 Å². The summed E-state index contributed by atoms with van der Waals surface area (Å²) in [6, 6.07) is 8.07. The van der Waals surface area contributed by atoms with Crippen molar-refractivity contribution in [3.05, 3.63) is 70.8 Å². The Hall–Kier alpha value is 2.26. The summed E-state index contributed by atoms with van der Waals surface area (Å²) < 4.78 is 89.4. The van der Waals surface area contributed by atoms with Crippen LogP contribution in [-0.4, -0.2) is 0 Å². The molecule has 0 aromatic heterocycles. The van der Waals surface area contributed by atoms with Gasteiger partial charge in [0.05, 0.1) is 0 Å². The molecule has 0 N–H and O–H groups in total. The molecular formula is C16H10F8I6. The molecule has 0 radical (unpaired) electrons. The van der Waals surface area contributed by atoms with Crippen molar-refractivity contribution in [3.8, 4) is 0 Å². The second-order valence-electron chi connectivity index (χ2n) is 5.15. The van der Waals surface area contributed by atoms with Crippen LogP contribution in [0.1, 0.15) is 22.3 Å². The highest BCUT2D eigenvalue weighted by molar-refractivity contribution is 14.1. The zero-order valence-electron chi connectivity index (χ0n) is 14.0. The average molecular weight is 1120 g/mol. The third kappa shape index (κ3) is 12.1. The summed E-state index contributed by atoms with van der Waals surface area (Å²) in [5, 5.41) is 0. The normalized spacial score (nSPS) is 12.1. The minimum Gasteiger partial charge on any atom is -0.189 e. The Bertz CT molecular complexity index is 626. The summed E-state index contributed by atoms with van der Waals surface area (Å²) in [4.78, 5) is 0. The fourth-order valence-electron chi connectivity index (χ4n) is 1.70. The first-order valence-electron chi connectivity index (χ1n) is 6.91. The third-order valence-corrected chi connectivity index (χ3v) is 5.57. The minimum absolute atomic E-state index is 0. The molecule has 14 heteroatoms. The molecule has 0 bridgehead atoms. The smallest absolute Gasteiger partial charge is 0.189 e. The largest absolute Gasteiger partial charge is 0.321 e. The second-order valence-corrected chi connectivity index (χ2v) is 10.6. The van der Waals surface area contributed by atoms with Crippen LogP contribution < -0.4 is 0 Å². The lowest BCUT2D eigenvalue weighted by atomic mass is 10.1. The van der Waals surface area contributed by atoms with Gasteiger partial charge in [-0.15, -0.1) is 48.0 Å². The van der Waals surface area contributed by atoms with Crippen LogP contribution in [0.15, 0.2) is 48.5 Å². The van der Waals surface area contributed by atoms with Gasteiger partial charge in [0.1, 0.15) is 0 Å². The lowest BCUT2D eigenvalue weighted by molar-refractivity contribution is 0.123. The van der Waals surface area contributed by atoms with Gasteiger partial charge in [-0.2, -0.15) is 35.1 Å². The van der Waals surface area contributed by atoms with E-state index in [-0.39, 0.29) is 70.2 Å². The highest BCUT2D eigenvalue weighted by atomic mass is 127. The van der Waals surface area contributed by atoms with Crippen molar-refractivity contribution in [2.75, 3.05) is 0 Å². The average Bonchev–Trinajstić information content (AvgIpc) is 2.52. The lowest BCUT2D eigenvalue weighted by Crippen LogP contribution is -2.05.